The van der Waals surface area contributed by atoms with Gasteiger partial charge in [-0.1, -0.05) is 31.2 Å². The van der Waals surface area contributed by atoms with Crippen LogP contribution in [0, 0.1) is 23.0 Å². The number of para-hydroxylation sites is 1. The highest BCUT2D eigenvalue weighted by Gasteiger charge is 2.51. The van der Waals surface area contributed by atoms with E-state index in [-0.39, 0.29) is 70.2 Å². The van der Waals surface area contributed by atoms with Crippen molar-refractivity contribution < 1.29 is 52.1 Å². The fourth-order valence-corrected chi connectivity index (χ4v) is 17.1. The monoisotopic (exact) mass is 1340 g/mol. The van der Waals surface area contributed by atoms with Gasteiger partial charge in [0.05, 0.1) is 25.0 Å². The molecule has 23 heteroatoms. The quantitative estimate of drug-likeness (QED) is 0.166. The van der Waals surface area contributed by atoms with Crippen molar-refractivity contribution in [2.24, 2.45) is 0 Å². The number of hydrogen-bond acceptors (Lipinski definition) is 14. The molecule has 9 aliphatic rings. The van der Waals surface area contributed by atoms with Crippen LogP contribution in [0.25, 0.3) is 11.1 Å². The van der Waals surface area contributed by atoms with Crippen molar-refractivity contribution in [3.8, 4) is 17.2 Å². The number of ether oxygens (including phenoxy) is 2. The lowest BCUT2D eigenvalue weighted by Crippen LogP contribution is -2.52. The van der Waals surface area contributed by atoms with Crippen molar-refractivity contribution in [1.82, 2.24) is 39.3 Å². The van der Waals surface area contributed by atoms with E-state index in [1.807, 2.05) is 42.0 Å². The lowest BCUT2D eigenvalue weighted by atomic mass is 9.73. The Balaban J connectivity index is 0.000000148. The van der Waals surface area contributed by atoms with Crippen LogP contribution in [0.4, 0.5) is 40.2 Å². The molecule has 21 nitrogen and oxygen atoms in total. The predicted octanol–water partition coefficient (Wildman–Crippen LogP) is 9.53. The van der Waals surface area contributed by atoms with E-state index in [2.05, 4.69) is 43.9 Å². The largest absolute Gasteiger partial charge is 0.450 e. The molecule has 0 aliphatic carbocycles. The maximum absolute atomic E-state index is 14.2. The average molecular weight is 1340 g/mol. The van der Waals surface area contributed by atoms with E-state index in [4.69, 9.17) is 14.7 Å². The number of nitriles is 1. The molecule has 522 valence electrons. The van der Waals surface area contributed by atoms with Crippen LogP contribution in [-0.2, 0) is 40.1 Å². The summed E-state index contributed by atoms with van der Waals surface area (Å²) >= 11 is 0. The summed E-state index contributed by atoms with van der Waals surface area (Å²) in [6.07, 6.45) is 13.7. The van der Waals surface area contributed by atoms with Gasteiger partial charge < -0.3 is 58.7 Å². The van der Waals surface area contributed by atoms with Crippen LogP contribution in [-0.4, -0.2) is 230 Å². The van der Waals surface area contributed by atoms with Crippen molar-refractivity contribution in [2.75, 3.05) is 140 Å². The number of aromatic nitrogens is 1. The molecule has 3 spiro atoms. The Hall–Kier alpha value is -7.78. The van der Waals surface area contributed by atoms with Gasteiger partial charge in [-0.05, 0) is 196 Å². The number of piperidine rings is 6. The summed E-state index contributed by atoms with van der Waals surface area (Å²) in [5.74, 6) is -0.820. The second kappa shape index (κ2) is 30.5. The first-order valence-electron chi connectivity index (χ1n) is 35.4. The van der Waals surface area contributed by atoms with Crippen LogP contribution in [0.5, 0.6) is 0 Å². The average Bonchev–Trinajstić information content (AvgIpc) is 1.65. The van der Waals surface area contributed by atoms with E-state index in [0.717, 1.165) is 175 Å². The van der Waals surface area contributed by atoms with Gasteiger partial charge >= 0.3 is 18.2 Å². The van der Waals surface area contributed by atoms with Crippen molar-refractivity contribution in [3.05, 3.63) is 107 Å². The van der Waals surface area contributed by atoms with Crippen LogP contribution in [0.15, 0.2) is 79.1 Å². The van der Waals surface area contributed by atoms with E-state index >= 15 is 0 Å². The highest BCUT2D eigenvalue weighted by atomic mass is 19.1. The zero-order valence-electron chi connectivity index (χ0n) is 57.6. The normalized spacial score (nSPS) is 21.2. The predicted molar refractivity (Wildman–Crippen MR) is 366 cm³/mol. The van der Waals surface area contributed by atoms with Gasteiger partial charge in [0.1, 0.15) is 24.2 Å². The summed E-state index contributed by atoms with van der Waals surface area (Å²) in [6, 6.07) is 23.1. The Morgan fingerprint density at radius 3 is 1.46 bits per heavy atom. The van der Waals surface area contributed by atoms with Crippen molar-refractivity contribution in [2.45, 2.75) is 158 Å². The number of rotatable bonds is 9. The number of anilines is 3. The van der Waals surface area contributed by atoms with Gasteiger partial charge in [0.15, 0.2) is 0 Å². The molecule has 10 heterocycles. The minimum Gasteiger partial charge on any atom is -0.450 e. The Bertz CT molecular complexity index is 3510. The first kappa shape index (κ1) is 70.5. The molecule has 1 aromatic heterocycles. The number of urea groups is 1. The zero-order chi connectivity index (χ0) is 68.8. The van der Waals surface area contributed by atoms with Gasteiger partial charge in [-0.3, -0.25) is 24.3 Å². The first-order chi connectivity index (χ1) is 46.7. The van der Waals surface area contributed by atoms with Crippen LogP contribution in [0.3, 0.4) is 0 Å². The standard InChI is InChI=1S/C27H34N4O3.C24H34FN3O4.C23H30FN5O2/c1-3-34-26(33)30-14-9-22(10-15-30)29-16-11-27(12-17-29)19-31(20(2)32)25-23(7-4-8-24(25)27)21-6-5-13-28-18-21;1-3-21(29)22(30)28-16-24(19-15-17(25)5-6-20(19)28)9-13-26(14-10-24)18-7-11-27(12-8-18)23(31)32-4-2;1-26(2)22(31)29-16-23(19-15-17(24)3-4-20(19)29)8-13-27(14-9-23)18-6-11-28(12-7-18)21(30)5-10-25/h4-8,13,18,22H,3,9-12,14-17,19H2,1-2H3;5-6,15,18,21,29H,3-4,7-14,16H2,1-2H3;3-4,15,18H,5-9,11-14,16H2,1-2H3/t;21-;/m.1./s1. The number of pyridine rings is 1. The Morgan fingerprint density at radius 1 is 0.598 bits per heavy atom. The lowest BCUT2D eigenvalue weighted by Gasteiger charge is -2.45. The summed E-state index contributed by atoms with van der Waals surface area (Å²) in [6.45, 7) is 19.7. The number of nitrogens with zero attached hydrogens (tertiary/aromatic N) is 12. The number of halogens is 2. The molecule has 6 fully saturated rings. The third-order valence-electron chi connectivity index (χ3n) is 22.6. The lowest BCUT2D eigenvalue weighted by molar-refractivity contribution is -0.131. The third-order valence-corrected chi connectivity index (χ3v) is 22.6. The minimum absolute atomic E-state index is 0.00135. The Labute approximate surface area is 570 Å². The summed E-state index contributed by atoms with van der Waals surface area (Å²) in [4.78, 5) is 98.6. The molecule has 0 bridgehead atoms. The number of likely N-dealkylation sites (tertiary alicyclic amines) is 6. The number of carbonyl (C=O) groups is 6. The van der Waals surface area contributed by atoms with Crippen LogP contribution < -0.4 is 14.7 Å². The third kappa shape index (κ3) is 14.8. The van der Waals surface area contributed by atoms with E-state index in [9.17, 15) is 42.7 Å². The SMILES string of the molecule is CCOC(=O)N1CCC(N2CCC3(CC2)CN(C(=O)[C@H](O)CC)c2ccc(F)cc23)CC1.CCOC(=O)N1CCC(N2CCC3(CC2)CN(C(C)=O)c2c(-c4cccnc4)cccc23)CC1.CN(C)C(=O)N1CC2(CCN(C3CCN(C(=O)CC#N)CC3)CC2)c2cc(F)ccc21. The second-order valence-electron chi connectivity index (χ2n) is 28.2. The fraction of sp³-hybridized carbons (Fsp3) is 0.595. The molecule has 0 radical (unpaired) electrons. The number of benzene rings is 3. The number of fused-ring (bicyclic) bond motifs is 6. The molecule has 1 atom stereocenters. The first-order valence-corrected chi connectivity index (χ1v) is 35.4. The highest BCUT2D eigenvalue weighted by molar-refractivity contribution is 6.01. The molecular formula is C74H98F2N12O9. The number of hydrogen-bond donors (Lipinski definition) is 1. The summed E-state index contributed by atoms with van der Waals surface area (Å²) in [5, 5.41) is 18.9. The number of carbonyl (C=O) groups excluding carboxylic acids is 6. The summed E-state index contributed by atoms with van der Waals surface area (Å²) in [7, 11) is 3.49. The highest BCUT2D eigenvalue weighted by Crippen LogP contribution is 2.53. The Kier molecular flexibility index (Phi) is 22.2. The number of aliphatic hydroxyl groups is 1. The fourth-order valence-electron chi connectivity index (χ4n) is 17.1. The smallest absolute Gasteiger partial charge is 0.409 e. The van der Waals surface area contributed by atoms with Crippen LogP contribution in [0.1, 0.15) is 134 Å². The molecule has 0 saturated carbocycles. The Morgan fingerprint density at radius 2 is 1.04 bits per heavy atom. The maximum Gasteiger partial charge on any atom is 0.409 e. The molecule has 13 rings (SSSR count). The molecule has 0 unspecified atom stereocenters. The molecule has 6 saturated heterocycles. The number of amides is 7. The van der Waals surface area contributed by atoms with E-state index in [1.54, 1.807) is 82.9 Å². The molecular weight excluding hydrogens is 1240 g/mol. The van der Waals surface area contributed by atoms with E-state index < -0.39 is 6.10 Å². The molecule has 9 aliphatic heterocycles. The molecule has 97 heavy (non-hydrogen) atoms. The summed E-state index contributed by atoms with van der Waals surface area (Å²) < 4.78 is 38.6. The topological polar surface area (TPSA) is 210 Å². The molecule has 4 aromatic rings. The molecule has 3 aromatic carbocycles. The number of aliphatic hydroxyl groups excluding tert-OH is 1. The molecule has 7 amide bonds. The van der Waals surface area contributed by atoms with Crippen LogP contribution >= 0.6 is 0 Å². The van der Waals surface area contributed by atoms with Gasteiger partial charge in [0.25, 0.3) is 5.91 Å². The summed E-state index contributed by atoms with van der Waals surface area (Å²) in [5.41, 5.74) is 7.45. The molecule has 1 N–H and O–H groups in total. The van der Waals surface area contributed by atoms with Gasteiger partial charge in [-0.15, -0.1) is 0 Å². The van der Waals surface area contributed by atoms with Gasteiger partial charge in [0, 0.05) is 149 Å². The maximum atomic E-state index is 14.2. The van der Waals surface area contributed by atoms with Crippen molar-refractivity contribution in [3.63, 3.8) is 0 Å². The van der Waals surface area contributed by atoms with Crippen LogP contribution in [0.2, 0.25) is 0 Å². The van der Waals surface area contributed by atoms with Gasteiger partial charge in [-0.2, -0.15) is 5.26 Å². The minimum atomic E-state index is -1.03. The second-order valence-corrected chi connectivity index (χ2v) is 28.2. The van der Waals surface area contributed by atoms with Crippen molar-refractivity contribution in [1.29, 1.82) is 5.26 Å². The van der Waals surface area contributed by atoms with Gasteiger partial charge in [-0.25, -0.2) is 23.2 Å². The van der Waals surface area contributed by atoms with Crippen molar-refractivity contribution >= 4 is 53.0 Å². The van der Waals surface area contributed by atoms with E-state index in [1.165, 1.54) is 17.7 Å². The van der Waals surface area contributed by atoms with E-state index in [0.29, 0.717) is 77.0 Å². The van der Waals surface area contributed by atoms with Gasteiger partial charge in [0.2, 0.25) is 11.8 Å². The zero-order valence-corrected chi connectivity index (χ0v) is 57.6.